The molecule has 0 heterocycles. The monoisotopic (exact) mass is 171 g/mol. The summed E-state index contributed by atoms with van der Waals surface area (Å²) < 4.78 is 9.69. The van der Waals surface area contributed by atoms with Gasteiger partial charge in [-0.2, -0.15) is 0 Å². The van der Waals surface area contributed by atoms with Crippen molar-refractivity contribution in [1.29, 1.82) is 0 Å². The molecule has 1 aliphatic carbocycles. The van der Waals surface area contributed by atoms with Crippen LogP contribution in [0.5, 0.6) is 0 Å². The smallest absolute Gasteiger partial charge is 0.431 e. The van der Waals surface area contributed by atoms with Crippen molar-refractivity contribution >= 4 is 6.16 Å². The van der Waals surface area contributed by atoms with Crippen molar-refractivity contribution < 1.29 is 14.3 Å². The second-order valence-electron chi connectivity index (χ2n) is 2.97. The summed E-state index contributed by atoms with van der Waals surface area (Å²) in [4.78, 5) is 10.9. The van der Waals surface area contributed by atoms with E-state index in [4.69, 9.17) is 4.74 Å². The molecule has 1 saturated carbocycles. The van der Waals surface area contributed by atoms with E-state index in [-0.39, 0.29) is 6.10 Å². The average Bonchev–Trinajstić information content (AvgIpc) is 2.53. The molecule has 0 atom stereocenters. The van der Waals surface area contributed by atoms with E-state index in [1.54, 1.807) is 0 Å². The topological polar surface area (TPSA) is 35.5 Å². The zero-order valence-corrected chi connectivity index (χ0v) is 7.41. The van der Waals surface area contributed by atoms with Crippen molar-refractivity contribution in [2.75, 3.05) is 0 Å². The van der Waals surface area contributed by atoms with E-state index in [9.17, 15) is 4.79 Å². The molecule has 0 bridgehead atoms. The van der Waals surface area contributed by atoms with Crippen LogP contribution in [0.1, 0.15) is 39.0 Å². The van der Waals surface area contributed by atoms with Crippen molar-refractivity contribution in [2.24, 2.45) is 0 Å². The van der Waals surface area contributed by atoms with Gasteiger partial charge in [0.05, 0.1) is 0 Å². The van der Waals surface area contributed by atoms with Gasteiger partial charge in [-0.25, -0.2) is 4.79 Å². The van der Waals surface area contributed by atoms with Crippen molar-refractivity contribution in [3.63, 3.8) is 0 Å². The number of hydrogen-bond acceptors (Lipinski definition) is 3. The van der Waals surface area contributed by atoms with Crippen molar-refractivity contribution in [1.82, 2.24) is 0 Å². The Hall–Kier alpha value is -0.730. The van der Waals surface area contributed by atoms with Gasteiger partial charge in [0.1, 0.15) is 12.7 Å². The van der Waals surface area contributed by atoms with Gasteiger partial charge < -0.3 is 9.47 Å². The van der Waals surface area contributed by atoms with Gasteiger partial charge in [-0.1, -0.05) is 6.92 Å². The highest BCUT2D eigenvalue weighted by Gasteiger charge is 2.19. The third kappa shape index (κ3) is 3.11. The lowest BCUT2D eigenvalue weighted by Gasteiger charge is -2.09. The predicted molar refractivity (Wildman–Crippen MR) is 44.4 cm³/mol. The van der Waals surface area contributed by atoms with Crippen molar-refractivity contribution in [3.05, 3.63) is 6.61 Å². The molecule has 69 valence electrons. The fraction of sp³-hybridized carbons (Fsp3) is 0.778. The van der Waals surface area contributed by atoms with Crippen LogP contribution in [-0.2, 0) is 9.47 Å². The lowest BCUT2D eigenvalue weighted by molar-refractivity contribution is 0.0397. The first kappa shape index (κ1) is 9.36. The molecule has 3 nitrogen and oxygen atoms in total. The molecule has 3 heteroatoms. The highest BCUT2D eigenvalue weighted by Crippen LogP contribution is 2.21. The Balaban J connectivity index is 2.08. The first-order valence-electron chi connectivity index (χ1n) is 4.52. The fourth-order valence-corrected chi connectivity index (χ4v) is 1.32. The maximum atomic E-state index is 10.9. The van der Waals surface area contributed by atoms with E-state index in [1.807, 2.05) is 6.92 Å². The van der Waals surface area contributed by atoms with Crippen LogP contribution in [0.3, 0.4) is 0 Å². The van der Waals surface area contributed by atoms with E-state index >= 15 is 0 Å². The van der Waals surface area contributed by atoms with Crippen LogP contribution in [0, 0.1) is 6.61 Å². The van der Waals surface area contributed by atoms with Gasteiger partial charge in [-0.15, -0.1) is 0 Å². The fourth-order valence-electron chi connectivity index (χ4n) is 1.32. The Kier molecular flexibility index (Phi) is 3.91. The van der Waals surface area contributed by atoms with Crippen LogP contribution in [0.4, 0.5) is 4.79 Å². The predicted octanol–water partition coefficient (Wildman–Crippen LogP) is 2.65. The first-order chi connectivity index (χ1) is 5.83. The third-order valence-corrected chi connectivity index (χ3v) is 1.91. The maximum Gasteiger partial charge on any atom is 0.508 e. The van der Waals surface area contributed by atoms with Crippen LogP contribution < -0.4 is 0 Å². The lowest BCUT2D eigenvalue weighted by Crippen LogP contribution is -2.14. The van der Waals surface area contributed by atoms with Crippen LogP contribution in [0.15, 0.2) is 0 Å². The minimum absolute atomic E-state index is 0.0998. The molecule has 0 spiro atoms. The minimum Gasteiger partial charge on any atom is -0.431 e. The summed E-state index contributed by atoms with van der Waals surface area (Å²) in [7, 11) is 0. The van der Waals surface area contributed by atoms with Gasteiger partial charge in [0.2, 0.25) is 0 Å². The number of rotatable bonds is 3. The molecule has 0 N–H and O–H groups in total. The van der Waals surface area contributed by atoms with Gasteiger partial charge in [0, 0.05) is 0 Å². The molecule has 1 aliphatic rings. The molecule has 0 aromatic heterocycles. The molecule has 1 fully saturated rings. The van der Waals surface area contributed by atoms with E-state index in [0.717, 1.165) is 32.1 Å². The minimum atomic E-state index is -0.552. The summed E-state index contributed by atoms with van der Waals surface area (Å²) in [5.41, 5.74) is 0. The van der Waals surface area contributed by atoms with Crippen LogP contribution in [0.25, 0.3) is 0 Å². The number of ether oxygens (including phenoxy) is 2. The molecule has 1 rings (SSSR count). The Labute approximate surface area is 73.0 Å². The summed E-state index contributed by atoms with van der Waals surface area (Å²) in [6, 6.07) is 0. The molecule has 0 saturated heterocycles. The highest BCUT2D eigenvalue weighted by molar-refractivity contribution is 5.60. The van der Waals surface area contributed by atoms with E-state index < -0.39 is 6.16 Å². The number of carbonyl (C=O) groups is 1. The zero-order valence-electron chi connectivity index (χ0n) is 7.41. The number of carbonyl (C=O) groups excluding carboxylic acids is 1. The van der Waals surface area contributed by atoms with Gasteiger partial charge in [-0.3, -0.25) is 0 Å². The van der Waals surface area contributed by atoms with Gasteiger partial charge in [0.25, 0.3) is 0 Å². The Morgan fingerprint density at radius 1 is 1.50 bits per heavy atom. The quantitative estimate of drug-likeness (QED) is 0.612. The summed E-state index contributed by atoms with van der Waals surface area (Å²) in [5, 5.41) is 0. The van der Waals surface area contributed by atoms with Gasteiger partial charge in [0.15, 0.2) is 0 Å². The van der Waals surface area contributed by atoms with Gasteiger partial charge >= 0.3 is 6.16 Å². The van der Waals surface area contributed by atoms with Crippen LogP contribution >= 0.6 is 0 Å². The SMILES string of the molecule is CC[CH]OC(=O)OC1CCCC1. The zero-order chi connectivity index (χ0) is 8.81. The van der Waals surface area contributed by atoms with Gasteiger partial charge in [-0.05, 0) is 32.1 Å². The Bertz CT molecular complexity index is 139. The standard InChI is InChI=1S/C9H15O3/c1-2-7-11-9(10)12-8-5-3-4-6-8/h7-8H,2-6H2,1H3. The van der Waals surface area contributed by atoms with Crippen LogP contribution in [0.2, 0.25) is 0 Å². The Morgan fingerprint density at radius 3 is 2.75 bits per heavy atom. The second-order valence-corrected chi connectivity index (χ2v) is 2.97. The summed E-state index contributed by atoms with van der Waals surface area (Å²) in [6.07, 6.45) is 4.57. The first-order valence-corrected chi connectivity index (χ1v) is 4.52. The van der Waals surface area contributed by atoms with E-state index in [0.29, 0.717) is 0 Å². The largest absolute Gasteiger partial charge is 0.508 e. The van der Waals surface area contributed by atoms with E-state index in [2.05, 4.69) is 4.74 Å². The molecule has 0 amide bonds. The van der Waals surface area contributed by atoms with Crippen molar-refractivity contribution in [2.45, 2.75) is 45.1 Å². The normalized spacial score (nSPS) is 17.8. The average molecular weight is 171 g/mol. The van der Waals surface area contributed by atoms with Crippen molar-refractivity contribution in [3.8, 4) is 0 Å². The molecule has 1 radical (unpaired) electrons. The maximum absolute atomic E-state index is 10.9. The molecule has 12 heavy (non-hydrogen) atoms. The number of hydrogen-bond donors (Lipinski definition) is 0. The summed E-state index contributed by atoms with van der Waals surface area (Å²) in [5.74, 6) is 0. The molecule has 0 aromatic rings. The molecular weight excluding hydrogens is 156 g/mol. The van der Waals surface area contributed by atoms with E-state index in [1.165, 1.54) is 6.61 Å². The molecule has 0 aromatic carbocycles. The second kappa shape index (κ2) is 5.01. The molecule has 0 aliphatic heterocycles. The molecular formula is C9H15O3. The Morgan fingerprint density at radius 2 is 2.17 bits per heavy atom. The molecule has 0 unspecified atom stereocenters. The summed E-state index contributed by atoms with van der Waals surface area (Å²) in [6.45, 7) is 3.36. The van der Waals surface area contributed by atoms with Crippen LogP contribution in [-0.4, -0.2) is 12.3 Å². The lowest BCUT2D eigenvalue weighted by atomic mass is 10.3. The summed E-state index contributed by atoms with van der Waals surface area (Å²) >= 11 is 0. The highest BCUT2D eigenvalue weighted by atomic mass is 16.7. The third-order valence-electron chi connectivity index (χ3n) is 1.91.